The van der Waals surface area contributed by atoms with Crippen molar-refractivity contribution >= 4 is 21.6 Å². The molecule has 3 N–H and O–H groups in total. The Hall–Kier alpha value is -1.44. The summed E-state index contributed by atoms with van der Waals surface area (Å²) in [6.07, 6.45) is 0. The number of sulfonamides is 1. The highest BCUT2D eigenvalue weighted by Gasteiger charge is 2.24. The average Bonchev–Trinajstić information content (AvgIpc) is 2.27. The smallest absolute Gasteiger partial charge is 0.240 e. The topological polar surface area (TPSA) is 87.3 Å². The summed E-state index contributed by atoms with van der Waals surface area (Å²) in [4.78, 5) is 11.9. The molecule has 2 rings (SSSR count). The number of anilines is 1. The molecule has 0 bridgehead atoms. The van der Waals surface area contributed by atoms with Crippen LogP contribution in [0.4, 0.5) is 5.69 Å². The summed E-state index contributed by atoms with van der Waals surface area (Å²) in [6.45, 7) is 3.45. The molecule has 0 atom stereocenters. The van der Waals surface area contributed by atoms with E-state index in [-0.39, 0.29) is 16.7 Å². The van der Waals surface area contributed by atoms with Crippen molar-refractivity contribution in [1.29, 1.82) is 0 Å². The number of rotatable bonds is 5. The van der Waals surface area contributed by atoms with Crippen molar-refractivity contribution in [3.8, 4) is 0 Å². The minimum Gasteiger partial charge on any atom is -0.326 e. The Balaban J connectivity index is 2.04. The number of carbonyl (C=O) groups is 1. The van der Waals surface area contributed by atoms with E-state index in [4.69, 9.17) is 0 Å². The lowest BCUT2D eigenvalue weighted by atomic mass is 10.0. The molecule has 0 aliphatic carbocycles. The lowest BCUT2D eigenvalue weighted by molar-refractivity contribution is -0.121. The average molecular weight is 283 g/mol. The van der Waals surface area contributed by atoms with E-state index in [1.165, 1.54) is 12.1 Å². The molecule has 1 aliphatic rings. The molecule has 1 aromatic rings. The zero-order chi connectivity index (χ0) is 13.9. The van der Waals surface area contributed by atoms with Crippen molar-refractivity contribution in [3.63, 3.8) is 0 Å². The summed E-state index contributed by atoms with van der Waals surface area (Å²) in [7, 11) is -3.44. The molecule has 1 heterocycles. The van der Waals surface area contributed by atoms with Crippen molar-refractivity contribution in [2.75, 3.05) is 25.0 Å². The van der Waals surface area contributed by atoms with Gasteiger partial charge in [0.15, 0.2) is 0 Å². The largest absolute Gasteiger partial charge is 0.326 e. The Bertz CT molecular complexity index is 550. The maximum atomic E-state index is 11.7. The molecular weight excluding hydrogens is 266 g/mol. The fraction of sp³-hybridized carbons (Fsp3) is 0.417. The molecule has 19 heavy (non-hydrogen) atoms. The van der Waals surface area contributed by atoms with Gasteiger partial charge in [0.25, 0.3) is 0 Å². The predicted octanol–water partition coefficient (Wildman–Crippen LogP) is 0.143. The van der Waals surface area contributed by atoms with Crippen LogP contribution in [-0.2, 0) is 14.8 Å². The van der Waals surface area contributed by atoms with Crippen molar-refractivity contribution in [2.24, 2.45) is 5.92 Å². The molecule has 1 aromatic carbocycles. The van der Waals surface area contributed by atoms with Crippen LogP contribution in [0, 0.1) is 5.92 Å². The molecule has 6 nitrogen and oxygen atoms in total. The maximum absolute atomic E-state index is 11.7. The Morgan fingerprint density at radius 3 is 2.42 bits per heavy atom. The van der Waals surface area contributed by atoms with Crippen molar-refractivity contribution in [3.05, 3.63) is 24.3 Å². The third-order valence-electron chi connectivity index (χ3n) is 2.92. The predicted molar refractivity (Wildman–Crippen MR) is 72.3 cm³/mol. The first kappa shape index (κ1) is 14.0. The first-order chi connectivity index (χ1) is 9.03. The van der Waals surface area contributed by atoms with Crippen LogP contribution in [0.2, 0.25) is 0 Å². The molecule has 1 amide bonds. The molecule has 0 spiro atoms. The zero-order valence-corrected chi connectivity index (χ0v) is 11.5. The van der Waals surface area contributed by atoms with Crippen LogP contribution >= 0.6 is 0 Å². The lowest BCUT2D eigenvalue weighted by Crippen LogP contribution is -2.48. The van der Waals surface area contributed by atoms with E-state index in [2.05, 4.69) is 15.4 Å². The number of amides is 1. The van der Waals surface area contributed by atoms with E-state index < -0.39 is 10.0 Å². The van der Waals surface area contributed by atoms with E-state index in [1.54, 1.807) is 19.1 Å². The Kier molecular flexibility index (Phi) is 4.18. The molecule has 0 aromatic heterocycles. The highest BCUT2D eigenvalue weighted by molar-refractivity contribution is 7.89. The van der Waals surface area contributed by atoms with Crippen molar-refractivity contribution in [1.82, 2.24) is 10.0 Å². The van der Waals surface area contributed by atoms with Gasteiger partial charge in [0, 0.05) is 25.3 Å². The van der Waals surface area contributed by atoms with E-state index >= 15 is 0 Å². The van der Waals surface area contributed by atoms with Crippen LogP contribution in [0.3, 0.4) is 0 Å². The third kappa shape index (κ3) is 3.31. The van der Waals surface area contributed by atoms with Crippen LogP contribution in [0.25, 0.3) is 0 Å². The van der Waals surface area contributed by atoms with Gasteiger partial charge in [-0.05, 0) is 24.3 Å². The van der Waals surface area contributed by atoms with Gasteiger partial charge in [-0.2, -0.15) is 0 Å². The van der Waals surface area contributed by atoms with Crippen molar-refractivity contribution in [2.45, 2.75) is 11.8 Å². The van der Waals surface area contributed by atoms with Gasteiger partial charge in [-0.25, -0.2) is 13.1 Å². The zero-order valence-electron chi connectivity index (χ0n) is 10.6. The number of benzene rings is 1. The van der Waals surface area contributed by atoms with Crippen LogP contribution in [0.1, 0.15) is 6.92 Å². The molecule has 1 saturated heterocycles. The van der Waals surface area contributed by atoms with Crippen LogP contribution in [0.5, 0.6) is 0 Å². The summed E-state index contributed by atoms with van der Waals surface area (Å²) in [5, 5.41) is 5.78. The molecule has 0 saturated carbocycles. The van der Waals surface area contributed by atoms with Gasteiger partial charge in [-0.15, -0.1) is 0 Å². The SMILES string of the molecule is CCNS(=O)(=O)c1ccc(NC(=O)C2CNC2)cc1. The quantitative estimate of drug-likeness (QED) is 0.717. The monoisotopic (exact) mass is 283 g/mol. The number of carbonyl (C=O) groups excluding carboxylic acids is 1. The highest BCUT2D eigenvalue weighted by atomic mass is 32.2. The first-order valence-corrected chi connectivity index (χ1v) is 7.62. The minimum atomic E-state index is -3.44. The highest BCUT2D eigenvalue weighted by Crippen LogP contribution is 2.15. The third-order valence-corrected chi connectivity index (χ3v) is 4.48. The Morgan fingerprint density at radius 1 is 1.32 bits per heavy atom. The summed E-state index contributed by atoms with van der Waals surface area (Å²) >= 11 is 0. The fourth-order valence-corrected chi connectivity index (χ4v) is 2.75. The minimum absolute atomic E-state index is 0.00478. The molecule has 0 radical (unpaired) electrons. The summed E-state index contributed by atoms with van der Waals surface area (Å²) < 4.78 is 25.9. The molecule has 1 fully saturated rings. The molecular formula is C12H17N3O3S. The summed E-state index contributed by atoms with van der Waals surface area (Å²) in [6, 6.07) is 6.14. The van der Waals surface area contributed by atoms with E-state index in [0.717, 1.165) is 0 Å². The number of nitrogens with one attached hydrogen (secondary N) is 3. The van der Waals surface area contributed by atoms with Gasteiger partial charge in [0.1, 0.15) is 0 Å². The van der Waals surface area contributed by atoms with Crippen LogP contribution in [0.15, 0.2) is 29.2 Å². The number of hydrogen-bond acceptors (Lipinski definition) is 4. The lowest BCUT2D eigenvalue weighted by Gasteiger charge is -2.25. The maximum Gasteiger partial charge on any atom is 0.240 e. The van der Waals surface area contributed by atoms with Crippen LogP contribution < -0.4 is 15.4 Å². The first-order valence-electron chi connectivity index (χ1n) is 6.14. The second-order valence-corrected chi connectivity index (χ2v) is 6.14. The van der Waals surface area contributed by atoms with Gasteiger partial charge in [-0.1, -0.05) is 6.92 Å². The second-order valence-electron chi connectivity index (χ2n) is 4.37. The Labute approximate surface area is 112 Å². The summed E-state index contributed by atoms with van der Waals surface area (Å²) in [5.74, 6) is -0.0359. The fourth-order valence-electron chi connectivity index (χ4n) is 1.71. The van der Waals surface area contributed by atoms with Gasteiger partial charge in [0.05, 0.1) is 10.8 Å². The summed E-state index contributed by atoms with van der Waals surface area (Å²) in [5.41, 5.74) is 0.604. The van der Waals surface area contributed by atoms with E-state index in [1.807, 2.05) is 0 Å². The van der Waals surface area contributed by atoms with Gasteiger partial charge >= 0.3 is 0 Å². The van der Waals surface area contributed by atoms with Gasteiger partial charge in [0.2, 0.25) is 15.9 Å². The second kappa shape index (κ2) is 5.68. The van der Waals surface area contributed by atoms with Crippen LogP contribution in [-0.4, -0.2) is 34.0 Å². The molecule has 7 heteroatoms. The van der Waals surface area contributed by atoms with Gasteiger partial charge in [-0.3, -0.25) is 4.79 Å². The number of hydrogen-bond donors (Lipinski definition) is 3. The van der Waals surface area contributed by atoms with Crippen molar-refractivity contribution < 1.29 is 13.2 Å². The Morgan fingerprint density at radius 2 is 1.95 bits per heavy atom. The standard InChI is InChI=1S/C12H17N3O3S/c1-2-14-19(17,18)11-5-3-10(4-6-11)15-12(16)9-7-13-8-9/h3-6,9,13-14H,2,7-8H2,1H3,(H,15,16). The normalized spacial score (nSPS) is 15.8. The van der Waals surface area contributed by atoms with E-state index in [0.29, 0.717) is 25.3 Å². The van der Waals surface area contributed by atoms with Gasteiger partial charge < -0.3 is 10.6 Å². The molecule has 1 aliphatic heterocycles. The molecule has 0 unspecified atom stereocenters. The molecule has 104 valence electrons. The van der Waals surface area contributed by atoms with E-state index in [9.17, 15) is 13.2 Å².